The smallest absolute Gasteiger partial charge is 0.241 e. The van der Waals surface area contributed by atoms with Crippen molar-refractivity contribution in [2.75, 3.05) is 19.3 Å². The van der Waals surface area contributed by atoms with Crippen molar-refractivity contribution in [1.29, 1.82) is 0 Å². The van der Waals surface area contributed by atoms with Gasteiger partial charge < -0.3 is 15.4 Å². The van der Waals surface area contributed by atoms with E-state index in [-0.39, 0.29) is 44.2 Å². The number of amides is 1. The van der Waals surface area contributed by atoms with Gasteiger partial charge >= 0.3 is 0 Å². The molecule has 1 aliphatic rings. The van der Waals surface area contributed by atoms with E-state index in [0.717, 1.165) is 11.8 Å². The fraction of sp³-hybridized carbons (Fsp3) is 0.368. The maximum absolute atomic E-state index is 12.7. The molecule has 0 spiro atoms. The van der Waals surface area contributed by atoms with Crippen LogP contribution in [-0.4, -0.2) is 43.4 Å². The first-order valence-electron chi connectivity index (χ1n) is 8.77. The molecule has 29 heavy (non-hydrogen) atoms. The Morgan fingerprint density at radius 2 is 1.79 bits per heavy atom. The highest BCUT2D eigenvalue weighted by atomic mass is 35.5. The zero-order chi connectivity index (χ0) is 19.3. The molecule has 1 amide bonds. The van der Waals surface area contributed by atoms with Crippen LogP contribution in [0.15, 0.2) is 48.7 Å². The van der Waals surface area contributed by atoms with Gasteiger partial charge in [0.15, 0.2) is 14.6 Å². The Kier molecular flexibility index (Phi) is 9.35. The number of sulfone groups is 1. The summed E-state index contributed by atoms with van der Waals surface area (Å²) in [6, 6.07) is 12.8. The Morgan fingerprint density at radius 3 is 2.34 bits per heavy atom. The highest BCUT2D eigenvalue weighted by Gasteiger charge is 2.48. The monoisotopic (exact) mass is 461 g/mol. The Bertz CT molecular complexity index is 887. The third kappa shape index (κ3) is 6.05. The van der Waals surface area contributed by atoms with Crippen LogP contribution in [0.25, 0.3) is 0 Å². The predicted molar refractivity (Wildman–Crippen MR) is 117 cm³/mol. The summed E-state index contributed by atoms with van der Waals surface area (Å²) in [6.45, 7) is 1.23. The van der Waals surface area contributed by atoms with Gasteiger partial charge in [-0.3, -0.25) is 4.79 Å². The molecule has 0 radical (unpaired) electrons. The third-order valence-electron chi connectivity index (χ3n) is 4.75. The number of ether oxygens (including phenoxy) is 1. The van der Waals surface area contributed by atoms with Crippen LogP contribution in [0.5, 0.6) is 11.6 Å². The van der Waals surface area contributed by atoms with Gasteiger partial charge in [0.25, 0.3) is 0 Å². The molecule has 2 aromatic rings. The SMILES string of the molecule is CS(=O)(=O)C1(C(=O)NCc2ccc(Oc3ccccc3)nc2)CCNCC1.Cl.Cl. The highest BCUT2D eigenvalue weighted by molar-refractivity contribution is 7.92. The van der Waals surface area contributed by atoms with Crippen LogP contribution >= 0.6 is 24.8 Å². The van der Waals surface area contributed by atoms with Gasteiger partial charge in [0, 0.05) is 25.1 Å². The molecular weight excluding hydrogens is 437 g/mol. The van der Waals surface area contributed by atoms with Crippen molar-refractivity contribution in [2.24, 2.45) is 0 Å². The number of para-hydroxylation sites is 1. The quantitative estimate of drug-likeness (QED) is 0.685. The third-order valence-corrected chi connectivity index (χ3v) is 6.76. The number of halogens is 2. The summed E-state index contributed by atoms with van der Waals surface area (Å²) >= 11 is 0. The number of nitrogens with one attached hydrogen (secondary N) is 2. The first-order valence-corrected chi connectivity index (χ1v) is 10.7. The van der Waals surface area contributed by atoms with E-state index in [0.29, 0.717) is 24.7 Å². The molecule has 1 aromatic carbocycles. The summed E-state index contributed by atoms with van der Waals surface area (Å²) in [5, 5.41) is 5.86. The number of piperidine rings is 1. The van der Waals surface area contributed by atoms with Crippen LogP contribution < -0.4 is 15.4 Å². The van der Waals surface area contributed by atoms with Gasteiger partial charge in [-0.15, -0.1) is 24.8 Å². The lowest BCUT2D eigenvalue weighted by Gasteiger charge is -2.34. The number of hydrogen-bond donors (Lipinski definition) is 2. The molecule has 1 aromatic heterocycles. The van der Waals surface area contributed by atoms with Gasteiger partial charge in [-0.25, -0.2) is 13.4 Å². The zero-order valence-corrected chi connectivity index (χ0v) is 18.4. The molecule has 10 heteroatoms. The van der Waals surface area contributed by atoms with E-state index in [1.165, 1.54) is 0 Å². The van der Waals surface area contributed by atoms with Crippen LogP contribution in [0.2, 0.25) is 0 Å². The van der Waals surface area contributed by atoms with Crippen molar-refractivity contribution in [1.82, 2.24) is 15.6 Å². The predicted octanol–water partition coefficient (Wildman–Crippen LogP) is 2.50. The summed E-state index contributed by atoms with van der Waals surface area (Å²) in [6.07, 6.45) is 3.29. The number of nitrogens with zero attached hydrogens (tertiary/aromatic N) is 1. The number of carbonyl (C=O) groups is 1. The van der Waals surface area contributed by atoms with Crippen LogP contribution in [0, 0.1) is 0 Å². The average Bonchev–Trinajstić information content (AvgIpc) is 2.68. The second-order valence-corrected chi connectivity index (χ2v) is 8.94. The minimum absolute atomic E-state index is 0. The zero-order valence-electron chi connectivity index (χ0n) is 16.0. The molecule has 3 rings (SSSR count). The second-order valence-electron chi connectivity index (χ2n) is 6.62. The molecule has 2 heterocycles. The van der Waals surface area contributed by atoms with E-state index in [2.05, 4.69) is 15.6 Å². The molecule has 1 fully saturated rings. The topological polar surface area (TPSA) is 97.4 Å². The van der Waals surface area contributed by atoms with E-state index >= 15 is 0 Å². The van der Waals surface area contributed by atoms with E-state index in [1.54, 1.807) is 18.3 Å². The number of benzene rings is 1. The molecule has 160 valence electrons. The molecule has 0 unspecified atom stereocenters. The summed E-state index contributed by atoms with van der Waals surface area (Å²) in [7, 11) is -3.52. The second kappa shape index (κ2) is 10.8. The Morgan fingerprint density at radius 1 is 1.14 bits per heavy atom. The molecule has 0 aliphatic carbocycles. The normalized spacial score (nSPS) is 15.3. The highest BCUT2D eigenvalue weighted by Crippen LogP contribution is 2.28. The number of carbonyl (C=O) groups excluding carboxylic acids is 1. The molecule has 1 aliphatic heterocycles. The molecule has 1 saturated heterocycles. The fourth-order valence-electron chi connectivity index (χ4n) is 3.13. The van der Waals surface area contributed by atoms with E-state index in [1.807, 2.05) is 30.3 Å². The number of hydrogen-bond acceptors (Lipinski definition) is 6. The van der Waals surface area contributed by atoms with Gasteiger partial charge in [-0.2, -0.15) is 0 Å². The lowest BCUT2D eigenvalue weighted by atomic mass is 9.96. The van der Waals surface area contributed by atoms with E-state index in [9.17, 15) is 13.2 Å². The van der Waals surface area contributed by atoms with Gasteiger partial charge in [0.05, 0.1) is 0 Å². The Labute approximate surface area is 183 Å². The average molecular weight is 462 g/mol. The first kappa shape index (κ1) is 25.2. The van der Waals surface area contributed by atoms with E-state index < -0.39 is 20.5 Å². The Balaban J connectivity index is 0.00000210. The van der Waals surface area contributed by atoms with Crippen LogP contribution in [0.1, 0.15) is 18.4 Å². The molecule has 0 bridgehead atoms. The number of rotatable bonds is 6. The number of aromatic nitrogens is 1. The maximum Gasteiger partial charge on any atom is 0.241 e. The molecule has 0 atom stereocenters. The van der Waals surface area contributed by atoms with E-state index in [4.69, 9.17) is 4.74 Å². The summed E-state index contributed by atoms with van der Waals surface area (Å²) in [5.41, 5.74) is 0.765. The van der Waals surface area contributed by atoms with Crippen molar-refractivity contribution >= 4 is 40.6 Å². The number of pyridine rings is 1. The minimum Gasteiger partial charge on any atom is -0.439 e. The van der Waals surface area contributed by atoms with Crippen molar-refractivity contribution in [3.63, 3.8) is 0 Å². The molecule has 2 N–H and O–H groups in total. The summed E-state index contributed by atoms with van der Waals surface area (Å²) < 4.78 is 28.8. The van der Waals surface area contributed by atoms with Crippen molar-refractivity contribution in [3.05, 3.63) is 54.2 Å². The Hall–Kier alpha value is -1.87. The first-order chi connectivity index (χ1) is 12.9. The van der Waals surface area contributed by atoms with Crippen molar-refractivity contribution in [2.45, 2.75) is 24.1 Å². The minimum atomic E-state index is -3.52. The standard InChI is InChI=1S/C19H23N3O4S.2ClH/c1-27(24,25)19(9-11-20-12-10-19)18(23)22-14-15-7-8-17(21-13-15)26-16-5-3-2-4-6-16;;/h2-8,13,20H,9-12,14H2,1H3,(H,22,23);2*1H. The van der Waals surface area contributed by atoms with Gasteiger partial charge in [0.1, 0.15) is 5.75 Å². The van der Waals surface area contributed by atoms with Crippen LogP contribution in [-0.2, 0) is 21.2 Å². The maximum atomic E-state index is 12.7. The van der Waals surface area contributed by atoms with Gasteiger partial charge in [-0.05, 0) is 43.6 Å². The van der Waals surface area contributed by atoms with Crippen molar-refractivity contribution in [3.8, 4) is 11.6 Å². The molecular formula is C19H25Cl2N3O4S. The van der Waals surface area contributed by atoms with Crippen LogP contribution in [0.3, 0.4) is 0 Å². The lowest BCUT2D eigenvalue weighted by molar-refractivity contribution is -0.124. The molecule has 0 saturated carbocycles. The van der Waals surface area contributed by atoms with Gasteiger partial charge in [-0.1, -0.05) is 24.3 Å². The largest absolute Gasteiger partial charge is 0.439 e. The fourth-order valence-corrected chi connectivity index (χ4v) is 4.48. The van der Waals surface area contributed by atoms with Crippen molar-refractivity contribution < 1.29 is 17.9 Å². The van der Waals surface area contributed by atoms with Crippen LogP contribution in [0.4, 0.5) is 0 Å². The summed E-state index contributed by atoms with van der Waals surface area (Å²) in [5.74, 6) is 0.686. The lowest BCUT2D eigenvalue weighted by Crippen LogP contribution is -2.57. The molecule has 7 nitrogen and oxygen atoms in total. The summed E-state index contributed by atoms with van der Waals surface area (Å²) in [4.78, 5) is 16.9. The van der Waals surface area contributed by atoms with Gasteiger partial charge in [0.2, 0.25) is 11.8 Å².